The smallest absolute Gasteiger partial charge is 0.272 e. The predicted molar refractivity (Wildman–Crippen MR) is 78.1 cm³/mol. The molecule has 2 aromatic rings. The maximum absolute atomic E-state index is 12.4. The molecule has 1 aromatic heterocycles. The van der Waals surface area contributed by atoms with E-state index in [0.717, 1.165) is 16.8 Å². The monoisotopic (exact) mass is 272 g/mol. The lowest BCUT2D eigenvalue weighted by atomic mass is 10.1. The molecule has 2 rings (SSSR count). The first kappa shape index (κ1) is 14.3. The zero-order chi connectivity index (χ0) is 14.7. The van der Waals surface area contributed by atoms with Crippen LogP contribution in [-0.2, 0) is 20.1 Å². The Morgan fingerprint density at radius 1 is 1.30 bits per heavy atom. The summed E-state index contributed by atoms with van der Waals surface area (Å²) in [4.78, 5) is 14.0. The summed E-state index contributed by atoms with van der Waals surface area (Å²) in [5, 5.41) is 4.20. The number of benzene rings is 1. The van der Waals surface area contributed by atoms with E-state index in [-0.39, 0.29) is 5.91 Å². The number of nitrogens with zero attached hydrogens (tertiary/aromatic N) is 3. The first-order valence-corrected chi connectivity index (χ1v) is 6.55. The molecule has 0 saturated heterocycles. The Kier molecular flexibility index (Phi) is 4.20. The van der Waals surface area contributed by atoms with E-state index in [1.807, 2.05) is 31.2 Å². The molecule has 0 unspecified atom stereocenters. The maximum atomic E-state index is 12.4. The van der Waals surface area contributed by atoms with Crippen LogP contribution in [0.25, 0.3) is 0 Å². The predicted octanol–water partition coefficient (Wildman–Crippen LogP) is 1.46. The number of nitrogens with two attached hydrogens (primary N) is 1. The highest BCUT2D eigenvalue weighted by Crippen LogP contribution is 2.10. The molecule has 106 valence electrons. The minimum absolute atomic E-state index is 0.0315. The van der Waals surface area contributed by atoms with Crippen molar-refractivity contribution in [3.05, 3.63) is 52.8 Å². The van der Waals surface area contributed by atoms with Gasteiger partial charge < -0.3 is 10.6 Å². The van der Waals surface area contributed by atoms with Gasteiger partial charge in [-0.3, -0.25) is 9.48 Å². The van der Waals surface area contributed by atoms with Gasteiger partial charge in [0.1, 0.15) is 5.69 Å². The van der Waals surface area contributed by atoms with Crippen LogP contribution < -0.4 is 5.73 Å². The van der Waals surface area contributed by atoms with E-state index in [1.54, 1.807) is 29.7 Å². The average molecular weight is 272 g/mol. The number of carbonyl (C=O) groups excluding carboxylic acids is 1. The molecule has 1 heterocycles. The van der Waals surface area contributed by atoms with Crippen LogP contribution in [-0.4, -0.2) is 27.6 Å². The van der Waals surface area contributed by atoms with Gasteiger partial charge in [-0.05, 0) is 24.1 Å². The molecule has 1 aromatic carbocycles. The number of amides is 1. The van der Waals surface area contributed by atoms with Gasteiger partial charge in [0.15, 0.2) is 0 Å². The summed E-state index contributed by atoms with van der Waals surface area (Å²) in [5.74, 6) is -0.0315. The quantitative estimate of drug-likeness (QED) is 0.916. The van der Waals surface area contributed by atoms with Crippen LogP contribution in [0, 0.1) is 6.92 Å². The van der Waals surface area contributed by atoms with Gasteiger partial charge in [-0.25, -0.2) is 0 Å². The molecule has 0 radical (unpaired) electrons. The van der Waals surface area contributed by atoms with Crippen molar-refractivity contribution >= 4 is 5.91 Å². The first-order chi connectivity index (χ1) is 9.51. The average Bonchev–Trinajstić information content (AvgIpc) is 2.77. The highest BCUT2D eigenvalue weighted by molar-refractivity contribution is 5.92. The molecule has 0 bridgehead atoms. The third-order valence-electron chi connectivity index (χ3n) is 3.25. The van der Waals surface area contributed by atoms with Gasteiger partial charge in [0.2, 0.25) is 0 Å². The third kappa shape index (κ3) is 3.05. The molecular formula is C15H20N4O. The molecule has 0 fully saturated rings. The minimum Gasteiger partial charge on any atom is -0.336 e. The third-order valence-corrected chi connectivity index (χ3v) is 3.25. The fourth-order valence-electron chi connectivity index (χ4n) is 2.13. The minimum atomic E-state index is -0.0315. The lowest BCUT2D eigenvalue weighted by Crippen LogP contribution is -2.28. The van der Waals surface area contributed by atoms with Crippen molar-refractivity contribution in [2.45, 2.75) is 20.0 Å². The molecule has 5 heteroatoms. The topological polar surface area (TPSA) is 64.2 Å². The van der Waals surface area contributed by atoms with Crippen LogP contribution in [0.5, 0.6) is 0 Å². The number of hydrogen-bond acceptors (Lipinski definition) is 3. The first-order valence-electron chi connectivity index (χ1n) is 6.55. The van der Waals surface area contributed by atoms with Crippen LogP contribution >= 0.6 is 0 Å². The molecule has 0 aliphatic heterocycles. The number of carbonyl (C=O) groups is 1. The van der Waals surface area contributed by atoms with Gasteiger partial charge in [0.25, 0.3) is 5.91 Å². The van der Waals surface area contributed by atoms with E-state index in [9.17, 15) is 4.79 Å². The van der Waals surface area contributed by atoms with Crippen molar-refractivity contribution in [1.29, 1.82) is 0 Å². The van der Waals surface area contributed by atoms with E-state index < -0.39 is 0 Å². The van der Waals surface area contributed by atoms with Crippen LogP contribution in [0.4, 0.5) is 0 Å². The van der Waals surface area contributed by atoms with Crippen molar-refractivity contribution in [1.82, 2.24) is 14.7 Å². The van der Waals surface area contributed by atoms with Crippen LogP contribution in [0.2, 0.25) is 0 Å². The Balaban J connectivity index is 2.09. The van der Waals surface area contributed by atoms with Crippen molar-refractivity contribution < 1.29 is 4.79 Å². The van der Waals surface area contributed by atoms with Gasteiger partial charge in [-0.2, -0.15) is 5.10 Å². The molecule has 0 spiro atoms. The SMILES string of the molecule is Cc1cc(C(=O)N(C)Cc2ccc(CN)cc2)n(C)n1. The van der Waals surface area contributed by atoms with E-state index in [0.29, 0.717) is 18.8 Å². The summed E-state index contributed by atoms with van der Waals surface area (Å²) < 4.78 is 1.62. The van der Waals surface area contributed by atoms with Crippen LogP contribution in [0.15, 0.2) is 30.3 Å². The largest absolute Gasteiger partial charge is 0.336 e. The van der Waals surface area contributed by atoms with Crippen LogP contribution in [0.1, 0.15) is 27.3 Å². The molecule has 0 atom stereocenters. The van der Waals surface area contributed by atoms with Crippen molar-refractivity contribution in [2.75, 3.05) is 7.05 Å². The van der Waals surface area contributed by atoms with Crippen molar-refractivity contribution in [2.24, 2.45) is 12.8 Å². The molecule has 0 aliphatic carbocycles. The highest BCUT2D eigenvalue weighted by atomic mass is 16.2. The summed E-state index contributed by atoms with van der Waals surface area (Å²) >= 11 is 0. The Bertz CT molecular complexity index is 601. The van der Waals surface area contributed by atoms with E-state index in [4.69, 9.17) is 5.73 Å². The molecule has 5 nitrogen and oxygen atoms in total. The normalized spacial score (nSPS) is 10.6. The molecule has 1 amide bonds. The molecule has 0 saturated carbocycles. The van der Waals surface area contributed by atoms with E-state index in [2.05, 4.69) is 5.10 Å². The molecular weight excluding hydrogens is 252 g/mol. The second-order valence-electron chi connectivity index (χ2n) is 4.98. The Hall–Kier alpha value is -2.14. The summed E-state index contributed by atoms with van der Waals surface area (Å²) in [6, 6.07) is 9.78. The Morgan fingerprint density at radius 2 is 1.90 bits per heavy atom. The summed E-state index contributed by atoms with van der Waals surface area (Å²) in [5.41, 5.74) is 9.18. The van der Waals surface area contributed by atoms with Gasteiger partial charge >= 0.3 is 0 Å². The molecule has 0 aliphatic rings. The summed E-state index contributed by atoms with van der Waals surface area (Å²) in [6.07, 6.45) is 0. The summed E-state index contributed by atoms with van der Waals surface area (Å²) in [6.45, 7) is 2.97. The van der Waals surface area contributed by atoms with Gasteiger partial charge in [0.05, 0.1) is 5.69 Å². The zero-order valence-corrected chi connectivity index (χ0v) is 12.1. The molecule has 20 heavy (non-hydrogen) atoms. The number of aromatic nitrogens is 2. The highest BCUT2D eigenvalue weighted by Gasteiger charge is 2.16. The van der Waals surface area contributed by atoms with Crippen molar-refractivity contribution in [3.63, 3.8) is 0 Å². The zero-order valence-electron chi connectivity index (χ0n) is 12.1. The standard InChI is InChI=1S/C15H20N4O/c1-11-8-14(19(3)17-11)15(20)18(2)10-13-6-4-12(9-16)5-7-13/h4-8H,9-10,16H2,1-3H3. The van der Waals surface area contributed by atoms with Crippen LogP contribution in [0.3, 0.4) is 0 Å². The van der Waals surface area contributed by atoms with Gasteiger partial charge in [0, 0.05) is 27.2 Å². The Labute approximate surface area is 119 Å². The Morgan fingerprint density at radius 3 is 2.40 bits per heavy atom. The van der Waals surface area contributed by atoms with Crippen molar-refractivity contribution in [3.8, 4) is 0 Å². The maximum Gasteiger partial charge on any atom is 0.272 e. The second-order valence-corrected chi connectivity index (χ2v) is 4.98. The van der Waals surface area contributed by atoms with Gasteiger partial charge in [-0.15, -0.1) is 0 Å². The molecule has 2 N–H and O–H groups in total. The summed E-state index contributed by atoms with van der Waals surface area (Å²) in [7, 11) is 3.58. The number of aryl methyl sites for hydroxylation is 2. The van der Waals surface area contributed by atoms with E-state index >= 15 is 0 Å². The van der Waals surface area contributed by atoms with E-state index in [1.165, 1.54) is 0 Å². The lowest BCUT2D eigenvalue weighted by molar-refractivity contribution is 0.0774. The lowest BCUT2D eigenvalue weighted by Gasteiger charge is -2.17. The van der Waals surface area contributed by atoms with Gasteiger partial charge in [-0.1, -0.05) is 24.3 Å². The number of hydrogen-bond donors (Lipinski definition) is 1. The second kappa shape index (κ2) is 5.88. The fraction of sp³-hybridized carbons (Fsp3) is 0.333. The fourth-order valence-corrected chi connectivity index (χ4v) is 2.13. The number of rotatable bonds is 4.